The molecule has 0 amide bonds. The highest BCUT2D eigenvalue weighted by molar-refractivity contribution is 5.91. The number of hydrogen-bond donors (Lipinski definition) is 2. The van der Waals surface area contributed by atoms with E-state index in [-0.39, 0.29) is 11.3 Å². The van der Waals surface area contributed by atoms with Gasteiger partial charge in [-0.3, -0.25) is 0 Å². The molecule has 3 nitrogen and oxygen atoms in total. The molecule has 0 atom stereocenters. The molecule has 0 aromatic heterocycles. The number of carboxylic acids is 1. The van der Waals surface area contributed by atoms with E-state index in [1.165, 1.54) is 12.1 Å². The van der Waals surface area contributed by atoms with Crippen LogP contribution < -0.4 is 0 Å². The van der Waals surface area contributed by atoms with E-state index in [4.69, 9.17) is 10.2 Å². The van der Waals surface area contributed by atoms with Crippen LogP contribution in [0.2, 0.25) is 0 Å². The van der Waals surface area contributed by atoms with Crippen LogP contribution in [0.3, 0.4) is 0 Å². The first-order chi connectivity index (χ1) is 6.15. The number of benzene rings is 1. The smallest absolute Gasteiger partial charge is 0.339 e. The van der Waals surface area contributed by atoms with Gasteiger partial charge in [0, 0.05) is 0 Å². The topological polar surface area (TPSA) is 57.5 Å². The SMILES string of the molecule is C/C=C/c1ccc(O)c(C(=O)O)c1. The van der Waals surface area contributed by atoms with E-state index in [0.717, 1.165) is 5.56 Å². The molecule has 0 unspecified atom stereocenters. The number of aromatic hydroxyl groups is 1. The Labute approximate surface area is 76.0 Å². The van der Waals surface area contributed by atoms with E-state index < -0.39 is 5.97 Å². The molecular formula is C10H10O3. The van der Waals surface area contributed by atoms with E-state index in [9.17, 15) is 4.79 Å². The molecule has 68 valence electrons. The molecule has 3 heteroatoms. The Morgan fingerprint density at radius 2 is 2.15 bits per heavy atom. The fraction of sp³-hybridized carbons (Fsp3) is 0.100. The van der Waals surface area contributed by atoms with Gasteiger partial charge in [-0.2, -0.15) is 0 Å². The summed E-state index contributed by atoms with van der Waals surface area (Å²) in [4.78, 5) is 10.6. The second-order valence-electron chi connectivity index (χ2n) is 2.58. The molecule has 0 aliphatic rings. The normalized spacial score (nSPS) is 10.5. The van der Waals surface area contributed by atoms with Crippen LogP contribution in [0.5, 0.6) is 5.75 Å². The summed E-state index contributed by atoms with van der Waals surface area (Å²) < 4.78 is 0. The Balaban J connectivity index is 3.18. The quantitative estimate of drug-likeness (QED) is 0.729. The van der Waals surface area contributed by atoms with Crippen molar-refractivity contribution < 1.29 is 15.0 Å². The van der Waals surface area contributed by atoms with Crippen molar-refractivity contribution in [3.8, 4) is 5.75 Å². The van der Waals surface area contributed by atoms with Crippen molar-refractivity contribution in [3.05, 3.63) is 35.4 Å². The summed E-state index contributed by atoms with van der Waals surface area (Å²) in [6, 6.07) is 4.46. The number of rotatable bonds is 2. The largest absolute Gasteiger partial charge is 0.507 e. The summed E-state index contributed by atoms with van der Waals surface area (Å²) in [6.07, 6.45) is 3.57. The lowest BCUT2D eigenvalue weighted by Crippen LogP contribution is -1.96. The number of carbonyl (C=O) groups is 1. The third-order valence-corrected chi connectivity index (χ3v) is 1.61. The van der Waals surface area contributed by atoms with E-state index >= 15 is 0 Å². The molecule has 0 fully saturated rings. The summed E-state index contributed by atoms with van der Waals surface area (Å²) in [5.41, 5.74) is 0.688. The minimum absolute atomic E-state index is 0.0735. The summed E-state index contributed by atoms with van der Waals surface area (Å²) in [7, 11) is 0. The van der Waals surface area contributed by atoms with Gasteiger partial charge in [0.1, 0.15) is 11.3 Å². The van der Waals surface area contributed by atoms with Crippen molar-refractivity contribution in [2.24, 2.45) is 0 Å². The molecule has 0 aliphatic carbocycles. The van der Waals surface area contributed by atoms with Crippen molar-refractivity contribution in [1.82, 2.24) is 0 Å². The van der Waals surface area contributed by atoms with Gasteiger partial charge in [-0.15, -0.1) is 0 Å². The first-order valence-corrected chi connectivity index (χ1v) is 3.84. The van der Waals surface area contributed by atoms with Gasteiger partial charge in [0.15, 0.2) is 0 Å². The monoisotopic (exact) mass is 178 g/mol. The number of allylic oxidation sites excluding steroid dienone is 1. The predicted octanol–water partition coefficient (Wildman–Crippen LogP) is 2.12. The van der Waals surface area contributed by atoms with Gasteiger partial charge in [0.25, 0.3) is 0 Å². The van der Waals surface area contributed by atoms with Gasteiger partial charge < -0.3 is 10.2 Å². The van der Waals surface area contributed by atoms with Crippen LogP contribution in [0.4, 0.5) is 0 Å². The van der Waals surface area contributed by atoms with Gasteiger partial charge in [0.2, 0.25) is 0 Å². The lowest BCUT2D eigenvalue weighted by Gasteiger charge is -2.00. The third-order valence-electron chi connectivity index (χ3n) is 1.61. The van der Waals surface area contributed by atoms with Crippen LogP contribution in [0.1, 0.15) is 22.8 Å². The van der Waals surface area contributed by atoms with Gasteiger partial charge in [-0.05, 0) is 24.6 Å². The average Bonchev–Trinajstić information content (AvgIpc) is 2.08. The molecule has 1 aromatic rings. The molecule has 0 heterocycles. The number of hydrogen-bond acceptors (Lipinski definition) is 2. The maximum Gasteiger partial charge on any atom is 0.339 e. The molecule has 13 heavy (non-hydrogen) atoms. The standard InChI is InChI=1S/C10H10O3/c1-2-3-7-4-5-9(11)8(6-7)10(12)13/h2-6,11H,1H3,(H,12,13)/b3-2+. The van der Waals surface area contributed by atoms with Crippen LogP contribution in [0.25, 0.3) is 6.08 Å². The molecule has 1 aromatic carbocycles. The highest BCUT2D eigenvalue weighted by Gasteiger charge is 2.08. The van der Waals surface area contributed by atoms with Gasteiger partial charge in [0.05, 0.1) is 0 Å². The molecule has 0 bridgehead atoms. The minimum atomic E-state index is -1.12. The van der Waals surface area contributed by atoms with Crippen molar-refractivity contribution in [2.45, 2.75) is 6.92 Å². The first kappa shape index (κ1) is 9.32. The van der Waals surface area contributed by atoms with Crippen molar-refractivity contribution >= 4 is 12.0 Å². The van der Waals surface area contributed by atoms with Crippen molar-refractivity contribution in [1.29, 1.82) is 0 Å². The van der Waals surface area contributed by atoms with E-state index in [0.29, 0.717) is 0 Å². The zero-order valence-electron chi connectivity index (χ0n) is 7.19. The molecule has 2 N–H and O–H groups in total. The fourth-order valence-corrected chi connectivity index (χ4v) is 1.02. The zero-order chi connectivity index (χ0) is 9.84. The lowest BCUT2D eigenvalue weighted by molar-refractivity contribution is 0.0693. The Hall–Kier alpha value is -1.77. The van der Waals surface area contributed by atoms with Crippen LogP contribution in [-0.2, 0) is 0 Å². The third kappa shape index (κ3) is 2.08. The van der Waals surface area contributed by atoms with Crippen LogP contribution in [0, 0.1) is 0 Å². The number of phenols is 1. The second kappa shape index (κ2) is 3.76. The highest BCUT2D eigenvalue weighted by atomic mass is 16.4. The second-order valence-corrected chi connectivity index (χ2v) is 2.58. The number of carboxylic acid groups (broad SMARTS) is 1. The maximum atomic E-state index is 10.6. The Morgan fingerprint density at radius 3 is 2.69 bits per heavy atom. The van der Waals surface area contributed by atoms with Crippen LogP contribution >= 0.6 is 0 Å². The summed E-state index contributed by atoms with van der Waals surface area (Å²) >= 11 is 0. The molecule has 0 saturated heterocycles. The summed E-state index contributed by atoms with van der Waals surface area (Å²) in [5, 5.41) is 17.8. The van der Waals surface area contributed by atoms with Gasteiger partial charge in [-0.1, -0.05) is 18.2 Å². The maximum absolute atomic E-state index is 10.6. The molecular weight excluding hydrogens is 168 g/mol. The molecule has 0 saturated carbocycles. The molecule has 0 spiro atoms. The molecule has 1 rings (SSSR count). The minimum Gasteiger partial charge on any atom is -0.507 e. The lowest BCUT2D eigenvalue weighted by atomic mass is 10.1. The summed E-state index contributed by atoms with van der Waals surface area (Å²) in [5.74, 6) is -1.33. The highest BCUT2D eigenvalue weighted by Crippen LogP contribution is 2.18. The van der Waals surface area contributed by atoms with Crippen LogP contribution in [-0.4, -0.2) is 16.2 Å². The fourth-order valence-electron chi connectivity index (χ4n) is 1.02. The Morgan fingerprint density at radius 1 is 1.46 bits per heavy atom. The van der Waals surface area contributed by atoms with E-state index in [1.54, 1.807) is 18.2 Å². The molecule has 0 aliphatic heterocycles. The number of aromatic carboxylic acids is 1. The van der Waals surface area contributed by atoms with Gasteiger partial charge in [-0.25, -0.2) is 4.79 Å². The van der Waals surface area contributed by atoms with Crippen LogP contribution in [0.15, 0.2) is 24.3 Å². The first-order valence-electron chi connectivity index (χ1n) is 3.84. The van der Waals surface area contributed by atoms with E-state index in [1.807, 2.05) is 6.92 Å². The molecule has 0 radical (unpaired) electrons. The van der Waals surface area contributed by atoms with Gasteiger partial charge >= 0.3 is 5.97 Å². The summed E-state index contributed by atoms with van der Waals surface area (Å²) in [6.45, 7) is 1.84. The average molecular weight is 178 g/mol. The Bertz CT molecular complexity index is 353. The van der Waals surface area contributed by atoms with Crippen molar-refractivity contribution in [3.63, 3.8) is 0 Å². The Kier molecular flexibility index (Phi) is 2.69. The van der Waals surface area contributed by atoms with Crippen molar-refractivity contribution in [2.75, 3.05) is 0 Å². The van der Waals surface area contributed by atoms with E-state index in [2.05, 4.69) is 0 Å². The zero-order valence-corrected chi connectivity index (χ0v) is 7.19. The predicted molar refractivity (Wildman–Crippen MR) is 49.8 cm³/mol.